The highest BCUT2D eigenvalue weighted by Gasteiger charge is 2.21. The predicted octanol–water partition coefficient (Wildman–Crippen LogP) is 4.07. The SMILES string of the molecule is COCCOC(=O)c1c(C)oc2ccc(OC(=O)c3ccccc3C)cc12. The van der Waals surface area contributed by atoms with E-state index in [1.54, 1.807) is 37.3 Å². The van der Waals surface area contributed by atoms with Crippen LogP contribution in [0.4, 0.5) is 0 Å². The third-order valence-corrected chi connectivity index (χ3v) is 4.14. The molecule has 0 aliphatic heterocycles. The topological polar surface area (TPSA) is 75.0 Å². The van der Waals surface area contributed by atoms with Crippen molar-refractivity contribution in [2.24, 2.45) is 0 Å². The summed E-state index contributed by atoms with van der Waals surface area (Å²) < 4.78 is 21.2. The third-order valence-electron chi connectivity index (χ3n) is 4.14. The first-order valence-electron chi connectivity index (χ1n) is 8.48. The maximum Gasteiger partial charge on any atom is 0.343 e. The van der Waals surface area contributed by atoms with Gasteiger partial charge in [0.25, 0.3) is 0 Å². The molecule has 1 heterocycles. The van der Waals surface area contributed by atoms with Crippen LogP contribution in [0.25, 0.3) is 11.0 Å². The minimum absolute atomic E-state index is 0.142. The molecular formula is C21H20O6. The number of methoxy groups -OCH3 is 1. The van der Waals surface area contributed by atoms with Crippen molar-refractivity contribution in [2.75, 3.05) is 20.3 Å². The number of benzene rings is 2. The maximum atomic E-state index is 12.4. The molecule has 0 radical (unpaired) electrons. The molecule has 0 amide bonds. The van der Waals surface area contributed by atoms with Crippen molar-refractivity contribution >= 4 is 22.9 Å². The number of carbonyl (C=O) groups excluding carboxylic acids is 2. The fraction of sp³-hybridized carbons (Fsp3) is 0.238. The van der Waals surface area contributed by atoms with Crippen LogP contribution < -0.4 is 4.74 Å². The number of rotatable bonds is 6. The maximum absolute atomic E-state index is 12.4. The summed E-state index contributed by atoms with van der Waals surface area (Å²) in [5.74, 6) is -0.208. The van der Waals surface area contributed by atoms with Gasteiger partial charge in [-0.1, -0.05) is 18.2 Å². The fourth-order valence-electron chi connectivity index (χ4n) is 2.77. The van der Waals surface area contributed by atoms with Crippen LogP contribution in [0.2, 0.25) is 0 Å². The highest BCUT2D eigenvalue weighted by molar-refractivity contribution is 6.05. The molecule has 0 saturated heterocycles. The molecule has 27 heavy (non-hydrogen) atoms. The average Bonchev–Trinajstić information content (AvgIpc) is 2.97. The Labute approximate surface area is 156 Å². The van der Waals surface area contributed by atoms with Gasteiger partial charge in [-0.15, -0.1) is 0 Å². The molecule has 6 nitrogen and oxygen atoms in total. The zero-order valence-electron chi connectivity index (χ0n) is 15.4. The molecule has 0 saturated carbocycles. The molecule has 0 aliphatic carbocycles. The highest BCUT2D eigenvalue weighted by atomic mass is 16.6. The quantitative estimate of drug-likeness (QED) is 0.371. The summed E-state index contributed by atoms with van der Waals surface area (Å²) in [7, 11) is 1.53. The molecule has 140 valence electrons. The summed E-state index contributed by atoms with van der Waals surface area (Å²) >= 11 is 0. The van der Waals surface area contributed by atoms with E-state index in [9.17, 15) is 9.59 Å². The van der Waals surface area contributed by atoms with E-state index >= 15 is 0 Å². The second-order valence-electron chi connectivity index (χ2n) is 6.02. The summed E-state index contributed by atoms with van der Waals surface area (Å²) in [4.78, 5) is 24.8. The molecule has 3 rings (SSSR count). The number of hydrogen-bond acceptors (Lipinski definition) is 6. The van der Waals surface area contributed by atoms with Crippen LogP contribution in [0, 0.1) is 13.8 Å². The van der Waals surface area contributed by atoms with Gasteiger partial charge in [-0.25, -0.2) is 9.59 Å². The van der Waals surface area contributed by atoms with Crippen molar-refractivity contribution in [3.8, 4) is 5.75 Å². The Balaban J connectivity index is 1.88. The molecule has 3 aromatic rings. The third kappa shape index (κ3) is 4.01. The Hall–Kier alpha value is -3.12. The number of ether oxygens (including phenoxy) is 3. The first kappa shape index (κ1) is 18.7. The molecule has 2 aromatic carbocycles. The van der Waals surface area contributed by atoms with Gasteiger partial charge in [0.15, 0.2) is 0 Å². The Morgan fingerprint density at radius 3 is 2.52 bits per heavy atom. The molecule has 6 heteroatoms. The van der Waals surface area contributed by atoms with Crippen molar-refractivity contribution in [1.82, 2.24) is 0 Å². The van der Waals surface area contributed by atoms with Crippen LogP contribution in [0.1, 0.15) is 32.0 Å². The Morgan fingerprint density at radius 1 is 1.00 bits per heavy atom. The second-order valence-corrected chi connectivity index (χ2v) is 6.02. The van der Waals surface area contributed by atoms with E-state index in [1.807, 2.05) is 19.1 Å². The lowest BCUT2D eigenvalue weighted by molar-refractivity contribution is 0.0388. The van der Waals surface area contributed by atoms with E-state index in [4.69, 9.17) is 18.6 Å². The van der Waals surface area contributed by atoms with Gasteiger partial charge in [-0.05, 0) is 43.7 Å². The van der Waals surface area contributed by atoms with Crippen LogP contribution in [0.15, 0.2) is 46.9 Å². The number of furan rings is 1. The predicted molar refractivity (Wildman–Crippen MR) is 99.2 cm³/mol. The lowest BCUT2D eigenvalue weighted by atomic mass is 10.1. The Kier molecular flexibility index (Phi) is 5.57. The van der Waals surface area contributed by atoms with Crippen LogP contribution in [0.3, 0.4) is 0 Å². The van der Waals surface area contributed by atoms with Crippen LogP contribution in [-0.4, -0.2) is 32.3 Å². The number of esters is 2. The zero-order valence-corrected chi connectivity index (χ0v) is 15.4. The van der Waals surface area contributed by atoms with E-state index in [1.165, 1.54) is 7.11 Å². The molecular weight excluding hydrogens is 348 g/mol. The normalized spacial score (nSPS) is 10.8. The van der Waals surface area contributed by atoms with Gasteiger partial charge in [0.05, 0.1) is 12.2 Å². The molecule has 0 atom stereocenters. The summed E-state index contributed by atoms with van der Waals surface area (Å²) in [6.45, 7) is 3.97. The van der Waals surface area contributed by atoms with Gasteiger partial charge >= 0.3 is 11.9 Å². The molecule has 0 fully saturated rings. The standard InChI is InChI=1S/C21H20O6/c1-13-6-4-5-7-16(13)20(22)27-15-8-9-18-17(12-15)19(14(2)26-18)21(23)25-11-10-24-3/h4-9,12H,10-11H2,1-3H3. The van der Waals surface area contributed by atoms with Gasteiger partial charge in [0, 0.05) is 12.5 Å². The number of aryl methyl sites for hydroxylation is 2. The number of hydrogen-bond donors (Lipinski definition) is 0. The van der Waals surface area contributed by atoms with Crippen LogP contribution >= 0.6 is 0 Å². The number of carbonyl (C=O) groups is 2. The van der Waals surface area contributed by atoms with Crippen molar-refractivity contribution in [1.29, 1.82) is 0 Å². The van der Waals surface area contributed by atoms with Gasteiger partial charge in [-0.3, -0.25) is 0 Å². The van der Waals surface area contributed by atoms with Gasteiger partial charge in [0.2, 0.25) is 0 Å². The van der Waals surface area contributed by atoms with E-state index < -0.39 is 11.9 Å². The fourth-order valence-corrected chi connectivity index (χ4v) is 2.77. The van der Waals surface area contributed by atoms with Crippen molar-refractivity contribution in [3.05, 3.63) is 64.9 Å². The zero-order chi connectivity index (χ0) is 19.4. The van der Waals surface area contributed by atoms with Crippen molar-refractivity contribution < 1.29 is 28.2 Å². The molecule has 1 aromatic heterocycles. The largest absolute Gasteiger partial charge is 0.460 e. The summed E-state index contributed by atoms with van der Waals surface area (Å²) in [5, 5.41) is 0.532. The van der Waals surface area contributed by atoms with E-state index in [0.29, 0.717) is 40.2 Å². The lowest BCUT2D eigenvalue weighted by Crippen LogP contribution is -2.11. The van der Waals surface area contributed by atoms with Crippen LogP contribution in [-0.2, 0) is 9.47 Å². The molecule has 0 unspecified atom stereocenters. The minimum atomic E-state index is -0.509. The summed E-state index contributed by atoms with van der Waals surface area (Å²) in [6, 6.07) is 12.1. The number of fused-ring (bicyclic) bond motifs is 1. The molecule has 0 N–H and O–H groups in total. The van der Waals surface area contributed by atoms with E-state index in [-0.39, 0.29) is 6.61 Å². The van der Waals surface area contributed by atoms with Crippen molar-refractivity contribution in [3.63, 3.8) is 0 Å². The van der Waals surface area contributed by atoms with Crippen LogP contribution in [0.5, 0.6) is 5.75 Å². The molecule has 0 spiro atoms. The molecule has 0 aliphatic rings. The van der Waals surface area contributed by atoms with Gasteiger partial charge in [-0.2, -0.15) is 0 Å². The second kappa shape index (κ2) is 8.05. The minimum Gasteiger partial charge on any atom is -0.460 e. The Bertz CT molecular complexity index is 986. The summed E-state index contributed by atoms with van der Waals surface area (Å²) in [6.07, 6.45) is 0. The van der Waals surface area contributed by atoms with E-state index in [2.05, 4.69) is 0 Å². The average molecular weight is 368 g/mol. The lowest BCUT2D eigenvalue weighted by Gasteiger charge is -2.07. The Morgan fingerprint density at radius 2 is 1.78 bits per heavy atom. The monoisotopic (exact) mass is 368 g/mol. The molecule has 0 bridgehead atoms. The van der Waals surface area contributed by atoms with Gasteiger partial charge < -0.3 is 18.6 Å². The van der Waals surface area contributed by atoms with Crippen molar-refractivity contribution in [2.45, 2.75) is 13.8 Å². The highest BCUT2D eigenvalue weighted by Crippen LogP contribution is 2.30. The first-order chi connectivity index (χ1) is 13.0. The first-order valence-corrected chi connectivity index (χ1v) is 8.48. The summed E-state index contributed by atoms with van der Waals surface area (Å²) in [5.41, 5.74) is 2.14. The van der Waals surface area contributed by atoms with Gasteiger partial charge in [0.1, 0.15) is 29.3 Å². The smallest absolute Gasteiger partial charge is 0.343 e. The van der Waals surface area contributed by atoms with E-state index in [0.717, 1.165) is 5.56 Å².